The summed E-state index contributed by atoms with van der Waals surface area (Å²) in [7, 11) is 0. The highest BCUT2D eigenvalue weighted by Gasteiger charge is 2.43. The van der Waals surface area contributed by atoms with Gasteiger partial charge in [-0.3, -0.25) is 4.90 Å². The fourth-order valence-electron chi connectivity index (χ4n) is 6.18. The number of hydrogen-bond acceptors (Lipinski definition) is 6. The third kappa shape index (κ3) is 3.41. The summed E-state index contributed by atoms with van der Waals surface area (Å²) in [5, 5.41) is 4.50. The summed E-state index contributed by atoms with van der Waals surface area (Å²) in [6.07, 6.45) is 11.6. The number of anilines is 1. The lowest BCUT2D eigenvalue weighted by atomic mass is 9.87. The van der Waals surface area contributed by atoms with E-state index in [9.17, 15) is 0 Å². The molecule has 2 aromatic heterocycles. The van der Waals surface area contributed by atoms with Crippen LogP contribution in [0.2, 0.25) is 0 Å². The van der Waals surface area contributed by atoms with Crippen molar-refractivity contribution < 1.29 is 4.74 Å². The second kappa shape index (κ2) is 8.09. The molecule has 3 N–H and O–H groups in total. The van der Waals surface area contributed by atoms with Crippen molar-refractivity contribution in [3.05, 3.63) is 18.6 Å². The minimum Gasteiger partial charge on any atom is -0.383 e. The van der Waals surface area contributed by atoms with Gasteiger partial charge in [-0.1, -0.05) is 13.8 Å². The smallest absolute Gasteiger partial charge is 0.147 e. The zero-order chi connectivity index (χ0) is 20.7. The third-order valence-corrected chi connectivity index (χ3v) is 8.18. The highest BCUT2D eigenvalue weighted by molar-refractivity contribution is 5.86. The van der Waals surface area contributed by atoms with E-state index in [1.807, 2.05) is 6.07 Å². The van der Waals surface area contributed by atoms with Gasteiger partial charge in [-0.15, -0.1) is 0 Å². The SMILES string of the molecule is C[C@@H]1[C@H](C)[C@@H](CCN2CCCC23CCCNCC3)O[C@H]1n1ccc2c(N)ncnc21. The second-order valence-electron chi connectivity index (χ2n) is 9.71. The van der Waals surface area contributed by atoms with Gasteiger partial charge in [-0.05, 0) is 70.1 Å². The Balaban J connectivity index is 1.29. The zero-order valence-corrected chi connectivity index (χ0v) is 18.4. The van der Waals surface area contributed by atoms with Crippen LogP contribution in [-0.4, -0.2) is 57.3 Å². The monoisotopic (exact) mass is 412 g/mol. The van der Waals surface area contributed by atoms with Crippen LogP contribution >= 0.6 is 0 Å². The Morgan fingerprint density at radius 1 is 1.17 bits per heavy atom. The van der Waals surface area contributed by atoms with Gasteiger partial charge in [-0.25, -0.2) is 9.97 Å². The van der Waals surface area contributed by atoms with Crippen molar-refractivity contribution in [1.29, 1.82) is 0 Å². The molecule has 1 unspecified atom stereocenters. The highest BCUT2D eigenvalue weighted by atomic mass is 16.5. The third-order valence-electron chi connectivity index (χ3n) is 8.18. The molecule has 5 heterocycles. The summed E-state index contributed by atoms with van der Waals surface area (Å²) < 4.78 is 8.82. The lowest BCUT2D eigenvalue weighted by Crippen LogP contribution is -2.45. The Morgan fingerprint density at radius 3 is 2.93 bits per heavy atom. The average molecular weight is 413 g/mol. The molecule has 0 amide bonds. The van der Waals surface area contributed by atoms with Crippen LogP contribution in [0.15, 0.2) is 18.6 Å². The predicted molar refractivity (Wildman–Crippen MR) is 119 cm³/mol. The van der Waals surface area contributed by atoms with Gasteiger partial charge in [-0.2, -0.15) is 0 Å². The normalized spacial score (nSPS) is 35.4. The number of rotatable bonds is 4. The standard InChI is InChI=1S/C23H36N6O/c1-16-17(2)22(29-14-5-18-20(24)26-15-27-21(18)29)30-19(16)6-13-28-12-4-8-23(28)7-3-10-25-11-9-23/h5,14-17,19,22,25H,3-4,6-13H2,1-2H3,(H2,24,26,27)/t16-,17+,19+,22+,23?/m0/s1. The molecule has 30 heavy (non-hydrogen) atoms. The number of nitrogen functional groups attached to an aromatic ring is 1. The van der Waals surface area contributed by atoms with Crippen LogP contribution in [0.5, 0.6) is 0 Å². The van der Waals surface area contributed by atoms with Gasteiger partial charge in [0.15, 0.2) is 0 Å². The van der Waals surface area contributed by atoms with Crippen LogP contribution < -0.4 is 11.1 Å². The molecule has 1 spiro atoms. The molecule has 164 valence electrons. The number of ether oxygens (including phenoxy) is 1. The molecule has 0 radical (unpaired) electrons. The van der Waals surface area contributed by atoms with Gasteiger partial charge in [0.1, 0.15) is 24.0 Å². The van der Waals surface area contributed by atoms with E-state index < -0.39 is 0 Å². The Labute approximate surface area is 179 Å². The first-order valence-electron chi connectivity index (χ1n) is 11.8. The fraction of sp³-hybridized carbons (Fsp3) is 0.739. The van der Waals surface area contributed by atoms with Crippen LogP contribution in [-0.2, 0) is 4.74 Å². The van der Waals surface area contributed by atoms with E-state index >= 15 is 0 Å². The lowest BCUT2D eigenvalue weighted by Gasteiger charge is -2.38. The van der Waals surface area contributed by atoms with E-state index in [4.69, 9.17) is 10.5 Å². The Hall–Kier alpha value is -1.70. The summed E-state index contributed by atoms with van der Waals surface area (Å²) in [6.45, 7) is 9.39. The summed E-state index contributed by atoms with van der Waals surface area (Å²) in [5.41, 5.74) is 7.34. The largest absolute Gasteiger partial charge is 0.383 e. The minimum absolute atomic E-state index is 0.00594. The molecule has 0 aliphatic carbocycles. The van der Waals surface area contributed by atoms with Gasteiger partial charge < -0.3 is 20.4 Å². The maximum atomic E-state index is 6.66. The van der Waals surface area contributed by atoms with Crippen molar-refractivity contribution in [2.45, 2.75) is 70.2 Å². The molecule has 3 fully saturated rings. The predicted octanol–water partition coefficient (Wildman–Crippen LogP) is 3.18. The number of nitrogens with two attached hydrogens (primary N) is 1. The lowest BCUT2D eigenvalue weighted by molar-refractivity contribution is -0.0210. The van der Waals surface area contributed by atoms with Crippen molar-refractivity contribution in [3.63, 3.8) is 0 Å². The summed E-state index contributed by atoms with van der Waals surface area (Å²) in [4.78, 5) is 11.4. The molecule has 0 aromatic carbocycles. The second-order valence-corrected chi connectivity index (χ2v) is 9.71. The molecular formula is C23H36N6O. The van der Waals surface area contributed by atoms with E-state index in [1.165, 1.54) is 45.2 Å². The molecule has 7 nitrogen and oxygen atoms in total. The number of aromatic nitrogens is 3. The van der Waals surface area contributed by atoms with Crippen LogP contribution in [0.25, 0.3) is 11.0 Å². The van der Waals surface area contributed by atoms with Crippen LogP contribution in [0.3, 0.4) is 0 Å². The number of hydrogen-bond donors (Lipinski definition) is 2. The van der Waals surface area contributed by atoms with Crippen LogP contribution in [0.1, 0.15) is 58.6 Å². The molecular weight excluding hydrogens is 376 g/mol. The van der Waals surface area contributed by atoms with Gasteiger partial charge >= 0.3 is 0 Å². The molecule has 5 atom stereocenters. The molecule has 3 aliphatic rings. The van der Waals surface area contributed by atoms with Crippen LogP contribution in [0, 0.1) is 11.8 Å². The fourth-order valence-corrected chi connectivity index (χ4v) is 6.18. The van der Waals surface area contributed by atoms with Crippen molar-refractivity contribution in [3.8, 4) is 0 Å². The molecule has 0 bridgehead atoms. The first-order valence-corrected chi connectivity index (χ1v) is 11.8. The summed E-state index contributed by atoms with van der Waals surface area (Å²) >= 11 is 0. The van der Waals surface area contributed by atoms with Gasteiger partial charge in [0.05, 0.1) is 11.5 Å². The highest BCUT2D eigenvalue weighted by Crippen LogP contribution is 2.43. The first kappa shape index (κ1) is 20.2. The minimum atomic E-state index is 0.00594. The van der Waals surface area contributed by atoms with Crippen molar-refractivity contribution >= 4 is 16.9 Å². The van der Waals surface area contributed by atoms with Crippen molar-refractivity contribution in [2.24, 2.45) is 11.8 Å². The molecule has 2 aromatic rings. The van der Waals surface area contributed by atoms with E-state index in [0.717, 1.165) is 30.5 Å². The first-order chi connectivity index (χ1) is 14.6. The quantitative estimate of drug-likeness (QED) is 0.803. The average Bonchev–Trinajstić information content (AvgIpc) is 3.35. The van der Waals surface area contributed by atoms with Crippen molar-refractivity contribution in [1.82, 2.24) is 24.8 Å². The Kier molecular flexibility index (Phi) is 5.45. The molecule has 3 saturated heterocycles. The van der Waals surface area contributed by atoms with Crippen molar-refractivity contribution in [2.75, 3.05) is 31.9 Å². The van der Waals surface area contributed by atoms with Gasteiger partial charge in [0, 0.05) is 24.2 Å². The molecule has 3 aliphatic heterocycles. The Morgan fingerprint density at radius 2 is 2.03 bits per heavy atom. The summed E-state index contributed by atoms with van der Waals surface area (Å²) in [6, 6.07) is 2.01. The van der Waals surface area contributed by atoms with E-state index in [-0.39, 0.29) is 12.3 Å². The van der Waals surface area contributed by atoms with E-state index in [2.05, 4.69) is 44.8 Å². The molecule has 5 rings (SSSR count). The summed E-state index contributed by atoms with van der Waals surface area (Å²) in [5.74, 6) is 1.48. The topological polar surface area (TPSA) is 81.2 Å². The van der Waals surface area contributed by atoms with Gasteiger partial charge in [0.25, 0.3) is 0 Å². The Bertz CT molecular complexity index is 874. The molecule has 7 heteroatoms. The maximum absolute atomic E-state index is 6.66. The number of fused-ring (bicyclic) bond motifs is 1. The maximum Gasteiger partial charge on any atom is 0.147 e. The number of nitrogens with one attached hydrogen (secondary N) is 1. The van der Waals surface area contributed by atoms with Gasteiger partial charge in [0.2, 0.25) is 0 Å². The molecule has 0 saturated carbocycles. The number of likely N-dealkylation sites (tertiary alicyclic amines) is 1. The number of nitrogens with zero attached hydrogens (tertiary/aromatic N) is 4. The van der Waals surface area contributed by atoms with E-state index in [1.54, 1.807) is 6.33 Å². The zero-order valence-electron chi connectivity index (χ0n) is 18.4. The van der Waals surface area contributed by atoms with E-state index in [0.29, 0.717) is 23.2 Å². The van der Waals surface area contributed by atoms with Crippen LogP contribution in [0.4, 0.5) is 5.82 Å².